The standard InChI is InChI=1S/C19H22OS/c1-2-17(18-11-7-4-8-12-18)15-19(20)21-14-13-16-9-5-3-6-10-16/h3-12,17H,2,13-15H2,1H3/t17-/m1/s1. The molecule has 0 saturated carbocycles. The maximum atomic E-state index is 12.1. The van der Waals surface area contributed by atoms with E-state index in [1.54, 1.807) is 0 Å². The van der Waals surface area contributed by atoms with Crippen LogP contribution in [0.15, 0.2) is 60.7 Å². The van der Waals surface area contributed by atoms with Crippen molar-refractivity contribution in [2.45, 2.75) is 32.1 Å². The van der Waals surface area contributed by atoms with E-state index >= 15 is 0 Å². The molecule has 0 radical (unpaired) electrons. The van der Waals surface area contributed by atoms with Gasteiger partial charge in [0.1, 0.15) is 0 Å². The molecule has 0 aromatic heterocycles. The summed E-state index contributed by atoms with van der Waals surface area (Å²) >= 11 is 1.47. The molecule has 0 aliphatic rings. The summed E-state index contributed by atoms with van der Waals surface area (Å²) in [5, 5.41) is 0.307. The van der Waals surface area contributed by atoms with Crippen LogP contribution in [0, 0.1) is 0 Å². The molecule has 2 aromatic rings. The highest BCUT2D eigenvalue weighted by Gasteiger charge is 2.14. The van der Waals surface area contributed by atoms with Gasteiger partial charge in [0.05, 0.1) is 0 Å². The van der Waals surface area contributed by atoms with Gasteiger partial charge in [-0.2, -0.15) is 0 Å². The van der Waals surface area contributed by atoms with Crippen LogP contribution in [-0.2, 0) is 11.2 Å². The Kier molecular flexibility index (Phi) is 6.55. The van der Waals surface area contributed by atoms with E-state index in [0.717, 1.165) is 18.6 Å². The first kappa shape index (κ1) is 15.8. The van der Waals surface area contributed by atoms with Crippen LogP contribution < -0.4 is 0 Å². The highest BCUT2D eigenvalue weighted by molar-refractivity contribution is 8.13. The Morgan fingerprint density at radius 1 is 1.00 bits per heavy atom. The summed E-state index contributed by atoms with van der Waals surface area (Å²) in [5.74, 6) is 1.22. The van der Waals surface area contributed by atoms with Gasteiger partial charge in [-0.1, -0.05) is 79.3 Å². The number of benzene rings is 2. The van der Waals surface area contributed by atoms with Crippen molar-refractivity contribution in [2.75, 3.05) is 5.75 Å². The predicted molar refractivity (Wildman–Crippen MR) is 91.7 cm³/mol. The first-order valence-corrected chi connectivity index (χ1v) is 8.52. The Labute approximate surface area is 131 Å². The van der Waals surface area contributed by atoms with Crippen LogP contribution in [0.5, 0.6) is 0 Å². The fourth-order valence-corrected chi connectivity index (χ4v) is 3.30. The van der Waals surface area contributed by atoms with Crippen molar-refractivity contribution in [3.63, 3.8) is 0 Å². The van der Waals surface area contributed by atoms with Crippen molar-refractivity contribution >= 4 is 16.9 Å². The summed E-state index contributed by atoms with van der Waals surface area (Å²) in [5.41, 5.74) is 2.57. The van der Waals surface area contributed by atoms with E-state index in [-0.39, 0.29) is 0 Å². The smallest absolute Gasteiger partial charge is 0.189 e. The van der Waals surface area contributed by atoms with Gasteiger partial charge in [-0.05, 0) is 29.9 Å². The van der Waals surface area contributed by atoms with E-state index < -0.39 is 0 Å². The van der Waals surface area contributed by atoms with Crippen molar-refractivity contribution in [3.05, 3.63) is 71.8 Å². The Hall–Kier alpha value is -1.54. The molecule has 2 heteroatoms. The number of carbonyl (C=O) groups excluding carboxylic acids is 1. The molecule has 110 valence electrons. The van der Waals surface area contributed by atoms with E-state index in [2.05, 4.69) is 31.2 Å². The van der Waals surface area contributed by atoms with E-state index in [0.29, 0.717) is 17.5 Å². The van der Waals surface area contributed by atoms with E-state index in [1.807, 2.05) is 36.4 Å². The van der Waals surface area contributed by atoms with Gasteiger partial charge >= 0.3 is 0 Å². The van der Waals surface area contributed by atoms with Crippen LogP contribution in [0.1, 0.15) is 36.8 Å². The molecule has 0 spiro atoms. The quantitative estimate of drug-likeness (QED) is 0.709. The van der Waals surface area contributed by atoms with Gasteiger partial charge in [0.25, 0.3) is 0 Å². The van der Waals surface area contributed by atoms with E-state index in [1.165, 1.54) is 22.9 Å². The van der Waals surface area contributed by atoms with Crippen LogP contribution >= 0.6 is 11.8 Å². The molecule has 0 unspecified atom stereocenters. The number of thioether (sulfide) groups is 1. The lowest BCUT2D eigenvalue weighted by molar-refractivity contribution is -0.111. The topological polar surface area (TPSA) is 17.1 Å². The second kappa shape index (κ2) is 8.68. The zero-order valence-electron chi connectivity index (χ0n) is 12.5. The minimum absolute atomic E-state index is 0.307. The normalized spacial score (nSPS) is 12.0. The fraction of sp³-hybridized carbons (Fsp3) is 0.316. The third-order valence-electron chi connectivity index (χ3n) is 3.67. The zero-order valence-corrected chi connectivity index (χ0v) is 13.3. The molecule has 2 aromatic carbocycles. The number of aryl methyl sites for hydroxylation is 1. The van der Waals surface area contributed by atoms with Gasteiger partial charge in [-0.3, -0.25) is 4.79 Å². The molecule has 0 heterocycles. The molecular formula is C19H22OS. The molecule has 0 amide bonds. The van der Waals surface area contributed by atoms with Crippen LogP contribution in [0.25, 0.3) is 0 Å². The van der Waals surface area contributed by atoms with Crippen molar-refractivity contribution in [3.8, 4) is 0 Å². The average Bonchev–Trinajstić information content (AvgIpc) is 2.54. The van der Waals surface area contributed by atoms with Gasteiger partial charge in [-0.15, -0.1) is 0 Å². The Bertz CT molecular complexity index is 536. The maximum Gasteiger partial charge on any atom is 0.189 e. The van der Waals surface area contributed by atoms with Gasteiger partial charge in [0.2, 0.25) is 0 Å². The van der Waals surface area contributed by atoms with Crippen molar-refractivity contribution in [1.29, 1.82) is 0 Å². The monoisotopic (exact) mass is 298 g/mol. The summed E-state index contributed by atoms with van der Waals surface area (Å²) in [6.45, 7) is 2.15. The van der Waals surface area contributed by atoms with Gasteiger partial charge in [0, 0.05) is 12.2 Å². The molecule has 0 aliphatic carbocycles. The summed E-state index contributed by atoms with van der Waals surface area (Å²) in [4.78, 5) is 12.1. The summed E-state index contributed by atoms with van der Waals surface area (Å²) < 4.78 is 0. The maximum absolute atomic E-state index is 12.1. The van der Waals surface area contributed by atoms with Crippen LogP contribution in [0.2, 0.25) is 0 Å². The predicted octanol–water partition coefficient (Wildman–Crippen LogP) is 5.07. The first-order valence-electron chi connectivity index (χ1n) is 7.54. The van der Waals surface area contributed by atoms with Gasteiger partial charge < -0.3 is 0 Å². The lowest BCUT2D eigenvalue weighted by Crippen LogP contribution is -2.04. The Balaban J connectivity index is 1.78. The number of hydrogen-bond acceptors (Lipinski definition) is 2. The lowest BCUT2D eigenvalue weighted by Gasteiger charge is -2.14. The Morgan fingerprint density at radius 2 is 1.62 bits per heavy atom. The highest BCUT2D eigenvalue weighted by atomic mass is 32.2. The summed E-state index contributed by atoms with van der Waals surface area (Å²) in [7, 11) is 0. The largest absolute Gasteiger partial charge is 0.287 e. The minimum atomic E-state index is 0.307. The molecule has 2 rings (SSSR count). The first-order chi connectivity index (χ1) is 10.3. The van der Waals surface area contributed by atoms with Crippen molar-refractivity contribution in [2.24, 2.45) is 0 Å². The molecule has 0 bridgehead atoms. The molecule has 0 fully saturated rings. The number of hydrogen-bond donors (Lipinski definition) is 0. The van der Waals surface area contributed by atoms with Crippen LogP contribution in [0.4, 0.5) is 0 Å². The number of rotatable bonds is 7. The summed E-state index contributed by atoms with van der Waals surface area (Å²) in [6, 6.07) is 20.7. The van der Waals surface area contributed by atoms with E-state index in [9.17, 15) is 4.79 Å². The average molecular weight is 298 g/mol. The fourth-order valence-electron chi connectivity index (χ4n) is 2.41. The molecule has 0 N–H and O–H groups in total. The molecule has 0 saturated heterocycles. The van der Waals surface area contributed by atoms with E-state index in [4.69, 9.17) is 0 Å². The number of carbonyl (C=O) groups is 1. The van der Waals surface area contributed by atoms with Crippen molar-refractivity contribution < 1.29 is 4.79 Å². The van der Waals surface area contributed by atoms with Crippen LogP contribution in [-0.4, -0.2) is 10.9 Å². The Morgan fingerprint density at radius 3 is 2.24 bits per heavy atom. The molecule has 1 nitrogen and oxygen atoms in total. The molecule has 1 atom stereocenters. The lowest BCUT2D eigenvalue weighted by atomic mass is 9.94. The molecule has 0 aliphatic heterocycles. The molecular weight excluding hydrogens is 276 g/mol. The zero-order chi connectivity index (χ0) is 14.9. The van der Waals surface area contributed by atoms with Gasteiger partial charge in [-0.25, -0.2) is 0 Å². The third-order valence-corrected chi connectivity index (χ3v) is 4.57. The van der Waals surface area contributed by atoms with Crippen LogP contribution in [0.3, 0.4) is 0 Å². The minimum Gasteiger partial charge on any atom is -0.287 e. The van der Waals surface area contributed by atoms with Gasteiger partial charge in [0.15, 0.2) is 5.12 Å². The molecule has 21 heavy (non-hydrogen) atoms. The second-order valence-electron chi connectivity index (χ2n) is 5.18. The SMILES string of the molecule is CC[C@H](CC(=O)SCCc1ccccc1)c1ccccc1. The second-order valence-corrected chi connectivity index (χ2v) is 6.33. The highest BCUT2D eigenvalue weighted by Crippen LogP contribution is 2.25. The summed E-state index contributed by atoms with van der Waals surface area (Å²) in [6.07, 6.45) is 2.61. The van der Waals surface area contributed by atoms with Crippen molar-refractivity contribution in [1.82, 2.24) is 0 Å². The third kappa shape index (κ3) is 5.39.